The van der Waals surface area contributed by atoms with Gasteiger partial charge in [0.15, 0.2) is 0 Å². The second-order valence-electron chi connectivity index (χ2n) is 5.56. The topological polar surface area (TPSA) is 56.4 Å². The first-order chi connectivity index (χ1) is 9.65. The molecular formula is C15H15N3O2. The number of para-hydroxylation sites is 1. The van der Waals surface area contributed by atoms with Crippen LogP contribution >= 0.6 is 0 Å². The minimum Gasteiger partial charge on any atom is -0.357 e. The van der Waals surface area contributed by atoms with Crippen molar-refractivity contribution in [2.75, 3.05) is 13.6 Å². The van der Waals surface area contributed by atoms with Gasteiger partial charge >= 0.3 is 0 Å². The fourth-order valence-corrected chi connectivity index (χ4v) is 3.32. The number of hydrogen-bond acceptors (Lipinski definition) is 2. The molecule has 5 heteroatoms. The summed E-state index contributed by atoms with van der Waals surface area (Å²) < 4.78 is 0. The van der Waals surface area contributed by atoms with Crippen LogP contribution in [0.1, 0.15) is 11.3 Å². The number of fused-ring (bicyclic) bond motifs is 4. The molecule has 0 saturated carbocycles. The van der Waals surface area contributed by atoms with Gasteiger partial charge in [-0.3, -0.25) is 9.59 Å². The Bertz CT molecular complexity index is 734. The number of carbonyl (C=O) groups excluding carboxylic acids is 2. The molecule has 0 spiro atoms. The van der Waals surface area contributed by atoms with Crippen molar-refractivity contribution in [2.45, 2.75) is 19.0 Å². The lowest BCUT2D eigenvalue weighted by Gasteiger charge is -2.41. The normalized spacial score (nSPS) is 22.1. The van der Waals surface area contributed by atoms with Gasteiger partial charge in [-0.1, -0.05) is 18.2 Å². The number of nitrogens with zero attached hydrogens (tertiary/aromatic N) is 2. The number of amides is 2. The maximum atomic E-state index is 12.3. The van der Waals surface area contributed by atoms with E-state index in [1.54, 1.807) is 11.9 Å². The fraction of sp³-hybridized carbons (Fsp3) is 0.333. The standard InChI is InChI=1S/C15H15N3O2/c1-17-8-14(19)18-7-12-10(6-13(18)15(17)20)9-4-2-3-5-11(9)16-12/h2-5,13,16H,6-8H2,1H3. The van der Waals surface area contributed by atoms with Gasteiger partial charge in [0.05, 0.1) is 13.1 Å². The number of benzene rings is 1. The summed E-state index contributed by atoms with van der Waals surface area (Å²) in [4.78, 5) is 31.0. The summed E-state index contributed by atoms with van der Waals surface area (Å²) in [5.41, 5.74) is 3.32. The monoisotopic (exact) mass is 269 g/mol. The van der Waals surface area contributed by atoms with Gasteiger partial charge in [-0.05, 0) is 11.6 Å². The molecule has 0 aliphatic carbocycles. The number of rotatable bonds is 0. The molecule has 2 aliphatic rings. The summed E-state index contributed by atoms with van der Waals surface area (Å²) in [6.07, 6.45) is 0.605. The van der Waals surface area contributed by atoms with E-state index >= 15 is 0 Å². The first-order valence-corrected chi connectivity index (χ1v) is 6.78. The summed E-state index contributed by atoms with van der Waals surface area (Å²) in [6, 6.07) is 7.75. The number of carbonyl (C=O) groups is 2. The zero-order valence-electron chi connectivity index (χ0n) is 11.2. The average molecular weight is 269 g/mol. The van der Waals surface area contributed by atoms with E-state index in [4.69, 9.17) is 0 Å². The summed E-state index contributed by atoms with van der Waals surface area (Å²) >= 11 is 0. The molecule has 4 rings (SSSR count). The quantitative estimate of drug-likeness (QED) is 0.772. The molecule has 2 amide bonds. The van der Waals surface area contributed by atoms with Crippen molar-refractivity contribution in [1.82, 2.24) is 14.8 Å². The van der Waals surface area contributed by atoms with E-state index in [9.17, 15) is 9.59 Å². The second kappa shape index (κ2) is 3.85. The molecule has 20 heavy (non-hydrogen) atoms. The minimum atomic E-state index is -0.340. The number of aromatic amines is 1. The van der Waals surface area contributed by atoms with E-state index in [-0.39, 0.29) is 24.4 Å². The molecule has 2 aliphatic heterocycles. The van der Waals surface area contributed by atoms with Crippen molar-refractivity contribution in [3.05, 3.63) is 35.5 Å². The Labute approximate surface area is 116 Å². The molecule has 1 saturated heterocycles. The highest BCUT2D eigenvalue weighted by Crippen LogP contribution is 2.32. The van der Waals surface area contributed by atoms with Crippen LogP contribution < -0.4 is 0 Å². The van der Waals surface area contributed by atoms with E-state index in [2.05, 4.69) is 11.1 Å². The minimum absolute atomic E-state index is 0.0291. The molecule has 1 unspecified atom stereocenters. The van der Waals surface area contributed by atoms with Gasteiger partial charge in [0.25, 0.3) is 0 Å². The summed E-state index contributed by atoms with van der Waals surface area (Å²) in [7, 11) is 1.70. The molecule has 2 aromatic rings. The summed E-state index contributed by atoms with van der Waals surface area (Å²) in [6.45, 7) is 0.692. The molecule has 1 fully saturated rings. The smallest absolute Gasteiger partial charge is 0.245 e. The first-order valence-electron chi connectivity index (χ1n) is 6.78. The summed E-state index contributed by atoms with van der Waals surface area (Å²) in [5.74, 6) is 0.0712. The Morgan fingerprint density at radius 3 is 2.85 bits per heavy atom. The maximum absolute atomic E-state index is 12.3. The van der Waals surface area contributed by atoms with Crippen LogP contribution in [0.5, 0.6) is 0 Å². The molecule has 1 aromatic carbocycles. The zero-order valence-corrected chi connectivity index (χ0v) is 11.2. The molecule has 0 bridgehead atoms. The highest BCUT2D eigenvalue weighted by atomic mass is 16.2. The molecular weight excluding hydrogens is 254 g/mol. The highest BCUT2D eigenvalue weighted by Gasteiger charge is 2.41. The van der Waals surface area contributed by atoms with Crippen molar-refractivity contribution in [3.63, 3.8) is 0 Å². The van der Waals surface area contributed by atoms with Gasteiger partial charge < -0.3 is 14.8 Å². The molecule has 3 heterocycles. The number of nitrogens with one attached hydrogen (secondary N) is 1. The average Bonchev–Trinajstić information content (AvgIpc) is 2.81. The molecule has 102 valence electrons. The molecule has 1 N–H and O–H groups in total. The maximum Gasteiger partial charge on any atom is 0.245 e. The third-order valence-corrected chi connectivity index (χ3v) is 4.36. The SMILES string of the molecule is CN1CC(=O)N2Cc3[nH]c4ccccc4c3CC2C1=O. The van der Waals surface area contributed by atoms with Gasteiger partial charge in [-0.15, -0.1) is 0 Å². The Hall–Kier alpha value is -2.30. The van der Waals surface area contributed by atoms with Gasteiger partial charge in [-0.2, -0.15) is 0 Å². The van der Waals surface area contributed by atoms with Crippen molar-refractivity contribution >= 4 is 22.7 Å². The van der Waals surface area contributed by atoms with Crippen LogP contribution in [-0.2, 0) is 22.6 Å². The largest absolute Gasteiger partial charge is 0.357 e. The number of H-pyrrole nitrogens is 1. The van der Waals surface area contributed by atoms with Gasteiger partial charge in [-0.25, -0.2) is 0 Å². The lowest BCUT2D eigenvalue weighted by molar-refractivity contribution is -0.155. The number of aromatic nitrogens is 1. The van der Waals surface area contributed by atoms with Gasteiger partial charge in [0.1, 0.15) is 6.04 Å². The predicted octanol–water partition coefficient (Wildman–Crippen LogP) is 0.893. The molecule has 0 radical (unpaired) electrons. The number of piperazine rings is 1. The van der Waals surface area contributed by atoms with Crippen LogP contribution in [0.3, 0.4) is 0 Å². The van der Waals surface area contributed by atoms with Crippen LogP contribution in [-0.4, -0.2) is 46.2 Å². The lowest BCUT2D eigenvalue weighted by Crippen LogP contribution is -2.60. The van der Waals surface area contributed by atoms with E-state index in [0.717, 1.165) is 16.6 Å². The van der Waals surface area contributed by atoms with Crippen molar-refractivity contribution in [2.24, 2.45) is 0 Å². The highest BCUT2D eigenvalue weighted by molar-refractivity contribution is 5.96. The third kappa shape index (κ3) is 1.43. The van der Waals surface area contributed by atoms with E-state index < -0.39 is 0 Å². The Kier molecular flexibility index (Phi) is 2.22. The molecule has 5 nitrogen and oxygen atoms in total. The number of likely N-dealkylation sites (N-methyl/N-ethyl adjacent to an activating group) is 1. The van der Waals surface area contributed by atoms with Crippen molar-refractivity contribution in [1.29, 1.82) is 0 Å². The zero-order chi connectivity index (χ0) is 13.9. The van der Waals surface area contributed by atoms with Gasteiger partial charge in [0.2, 0.25) is 11.8 Å². The van der Waals surface area contributed by atoms with Gasteiger partial charge in [0, 0.05) is 30.1 Å². The first kappa shape index (κ1) is 11.5. The van der Waals surface area contributed by atoms with E-state index in [1.165, 1.54) is 10.5 Å². The van der Waals surface area contributed by atoms with Crippen LogP contribution in [0.4, 0.5) is 0 Å². The number of hydrogen-bond donors (Lipinski definition) is 1. The lowest BCUT2D eigenvalue weighted by atomic mass is 9.94. The van der Waals surface area contributed by atoms with Crippen molar-refractivity contribution in [3.8, 4) is 0 Å². The predicted molar refractivity (Wildman–Crippen MR) is 74.0 cm³/mol. The van der Waals surface area contributed by atoms with Crippen LogP contribution in [0.25, 0.3) is 10.9 Å². The third-order valence-electron chi connectivity index (χ3n) is 4.36. The Morgan fingerprint density at radius 1 is 1.20 bits per heavy atom. The second-order valence-corrected chi connectivity index (χ2v) is 5.56. The van der Waals surface area contributed by atoms with Crippen molar-refractivity contribution < 1.29 is 9.59 Å². The fourth-order valence-electron chi connectivity index (χ4n) is 3.32. The van der Waals surface area contributed by atoms with E-state index in [0.29, 0.717) is 13.0 Å². The Morgan fingerprint density at radius 2 is 2.00 bits per heavy atom. The molecule has 1 aromatic heterocycles. The van der Waals surface area contributed by atoms with Crippen LogP contribution in [0.2, 0.25) is 0 Å². The van der Waals surface area contributed by atoms with Crippen LogP contribution in [0.15, 0.2) is 24.3 Å². The van der Waals surface area contributed by atoms with E-state index in [1.807, 2.05) is 18.2 Å². The summed E-state index contributed by atoms with van der Waals surface area (Å²) in [5, 5.41) is 1.16. The van der Waals surface area contributed by atoms with Crippen LogP contribution in [0, 0.1) is 0 Å². The molecule has 1 atom stereocenters. The Balaban J connectivity index is 1.84.